The third kappa shape index (κ3) is 4.23. The summed E-state index contributed by atoms with van der Waals surface area (Å²) in [6.45, 7) is 0. The minimum atomic E-state index is -1.03. The van der Waals surface area contributed by atoms with E-state index in [0.29, 0.717) is 20.3 Å². The molecule has 3 aromatic rings. The van der Waals surface area contributed by atoms with E-state index in [-0.39, 0.29) is 17.1 Å². The predicted molar refractivity (Wildman–Crippen MR) is 99.5 cm³/mol. The number of azo groups is 1. The number of benzene rings is 2. The predicted octanol–water partition coefficient (Wildman–Crippen LogP) is 4.47. The second-order valence-electron chi connectivity index (χ2n) is 4.90. The molecule has 0 aliphatic carbocycles. The van der Waals surface area contributed by atoms with E-state index in [1.54, 1.807) is 18.2 Å². The summed E-state index contributed by atoms with van der Waals surface area (Å²) in [6.07, 6.45) is 0. The molecular formula is C16H11N5O3S2. The van der Waals surface area contributed by atoms with Gasteiger partial charge in [-0.1, -0.05) is 23.5 Å². The van der Waals surface area contributed by atoms with Crippen molar-refractivity contribution in [3.05, 3.63) is 63.6 Å². The Morgan fingerprint density at radius 3 is 2.50 bits per heavy atom. The highest BCUT2D eigenvalue weighted by Crippen LogP contribution is 2.23. The van der Waals surface area contributed by atoms with Gasteiger partial charge in [0, 0.05) is 0 Å². The highest BCUT2D eigenvalue weighted by Gasteiger charge is 2.09. The molecule has 0 amide bonds. The molecule has 0 atom stereocenters. The minimum Gasteiger partial charge on any atom is -0.507 e. The number of phenolic OH excluding ortho intramolecular Hbond substituents is 1. The zero-order chi connectivity index (χ0) is 18.5. The number of phenols is 1. The summed E-state index contributed by atoms with van der Waals surface area (Å²) in [5.41, 5.74) is 0.977. The Morgan fingerprint density at radius 1 is 1.15 bits per heavy atom. The zero-order valence-electron chi connectivity index (χ0n) is 13.0. The van der Waals surface area contributed by atoms with Gasteiger partial charge in [-0.3, -0.25) is 5.10 Å². The number of aliphatic imine (C=N–C) groups is 1. The Morgan fingerprint density at radius 2 is 1.88 bits per heavy atom. The number of carbonyl (C=O) groups is 1. The maximum absolute atomic E-state index is 10.9. The summed E-state index contributed by atoms with van der Waals surface area (Å²) < 4.78 is 0.462. The molecule has 0 aliphatic heterocycles. The SMILES string of the molecule is O=C(O)c1ccc(N=C(N=Nc2n[nH]c(=S)s2)c2ccccc2O)cc1. The van der Waals surface area contributed by atoms with Crippen molar-refractivity contribution < 1.29 is 15.0 Å². The third-order valence-corrected chi connectivity index (χ3v) is 4.12. The van der Waals surface area contributed by atoms with Crippen molar-refractivity contribution in [3.8, 4) is 5.75 Å². The normalized spacial score (nSPS) is 11.8. The summed E-state index contributed by atoms with van der Waals surface area (Å²) in [4.78, 5) is 15.3. The van der Waals surface area contributed by atoms with Crippen LogP contribution in [0.5, 0.6) is 5.75 Å². The fourth-order valence-corrected chi connectivity index (χ4v) is 2.65. The van der Waals surface area contributed by atoms with Crippen LogP contribution in [0.25, 0.3) is 0 Å². The highest BCUT2D eigenvalue weighted by atomic mass is 32.1. The summed E-state index contributed by atoms with van der Waals surface area (Å²) in [5.74, 6) is -0.893. The van der Waals surface area contributed by atoms with E-state index in [1.165, 1.54) is 30.3 Å². The van der Waals surface area contributed by atoms with Gasteiger partial charge in [-0.15, -0.1) is 15.3 Å². The number of nitrogens with one attached hydrogen (secondary N) is 1. The van der Waals surface area contributed by atoms with Crippen molar-refractivity contribution in [2.24, 2.45) is 15.2 Å². The molecule has 0 spiro atoms. The van der Waals surface area contributed by atoms with Gasteiger partial charge in [-0.2, -0.15) is 0 Å². The molecule has 3 N–H and O–H groups in total. The lowest BCUT2D eigenvalue weighted by Gasteiger charge is -2.03. The van der Waals surface area contributed by atoms with Crippen LogP contribution in [0.1, 0.15) is 15.9 Å². The van der Waals surface area contributed by atoms with E-state index in [9.17, 15) is 9.90 Å². The van der Waals surface area contributed by atoms with Gasteiger partial charge in [0.05, 0.1) is 16.8 Å². The monoisotopic (exact) mass is 385 g/mol. The number of aromatic hydroxyl groups is 1. The number of aromatic carboxylic acids is 1. The molecule has 10 heteroatoms. The summed E-state index contributed by atoms with van der Waals surface area (Å²) in [7, 11) is 0. The van der Waals surface area contributed by atoms with Crippen LogP contribution in [-0.2, 0) is 0 Å². The Labute approximate surface area is 156 Å². The molecule has 0 aliphatic rings. The molecule has 26 heavy (non-hydrogen) atoms. The number of para-hydroxylation sites is 1. The van der Waals surface area contributed by atoms with Crippen molar-refractivity contribution in [1.29, 1.82) is 0 Å². The zero-order valence-corrected chi connectivity index (χ0v) is 14.7. The average Bonchev–Trinajstić information content (AvgIpc) is 3.05. The van der Waals surface area contributed by atoms with Crippen LogP contribution in [0.4, 0.5) is 10.8 Å². The fraction of sp³-hybridized carbons (Fsp3) is 0. The van der Waals surface area contributed by atoms with Crippen LogP contribution < -0.4 is 0 Å². The van der Waals surface area contributed by atoms with Gasteiger partial charge in [0.15, 0.2) is 9.79 Å². The van der Waals surface area contributed by atoms with E-state index in [4.69, 9.17) is 17.3 Å². The van der Waals surface area contributed by atoms with Crippen LogP contribution in [0.2, 0.25) is 0 Å². The summed E-state index contributed by atoms with van der Waals surface area (Å²) in [5, 5.41) is 33.9. The fourth-order valence-electron chi connectivity index (χ4n) is 1.95. The molecule has 0 saturated heterocycles. The van der Waals surface area contributed by atoms with Crippen molar-refractivity contribution in [3.63, 3.8) is 0 Å². The lowest BCUT2D eigenvalue weighted by Crippen LogP contribution is -1.97. The molecular weight excluding hydrogens is 374 g/mol. The first-order valence-corrected chi connectivity index (χ1v) is 8.43. The molecule has 0 saturated carbocycles. The molecule has 1 aromatic heterocycles. The molecule has 8 nitrogen and oxygen atoms in total. The number of rotatable bonds is 4. The van der Waals surface area contributed by atoms with Gasteiger partial charge < -0.3 is 10.2 Å². The lowest BCUT2D eigenvalue weighted by atomic mass is 10.1. The van der Waals surface area contributed by atoms with Gasteiger partial charge >= 0.3 is 5.97 Å². The smallest absolute Gasteiger partial charge is 0.335 e. The quantitative estimate of drug-likeness (QED) is 0.265. The largest absolute Gasteiger partial charge is 0.507 e. The third-order valence-electron chi connectivity index (χ3n) is 3.15. The first kappa shape index (κ1) is 17.6. The molecule has 3 rings (SSSR count). The lowest BCUT2D eigenvalue weighted by molar-refractivity contribution is 0.0697. The first-order valence-electron chi connectivity index (χ1n) is 7.20. The molecule has 0 radical (unpaired) electrons. The number of amidine groups is 1. The molecule has 2 aromatic carbocycles. The Balaban J connectivity index is 2.02. The minimum absolute atomic E-state index is 0.0120. The maximum atomic E-state index is 10.9. The molecule has 0 bridgehead atoms. The number of aromatic amines is 1. The summed E-state index contributed by atoms with van der Waals surface area (Å²) in [6, 6.07) is 12.5. The van der Waals surface area contributed by atoms with Gasteiger partial charge in [-0.25, -0.2) is 9.79 Å². The van der Waals surface area contributed by atoms with Crippen LogP contribution in [0, 0.1) is 3.95 Å². The Hall–Kier alpha value is -3.24. The van der Waals surface area contributed by atoms with Crippen LogP contribution >= 0.6 is 23.6 Å². The second-order valence-corrected chi connectivity index (χ2v) is 6.54. The van der Waals surface area contributed by atoms with Crippen molar-refractivity contribution in [2.75, 3.05) is 0 Å². The van der Waals surface area contributed by atoms with Gasteiger partial charge in [0.25, 0.3) is 0 Å². The van der Waals surface area contributed by atoms with E-state index in [1.807, 2.05) is 0 Å². The van der Waals surface area contributed by atoms with Crippen LogP contribution in [0.15, 0.2) is 63.8 Å². The van der Waals surface area contributed by atoms with E-state index in [2.05, 4.69) is 25.4 Å². The van der Waals surface area contributed by atoms with E-state index in [0.717, 1.165) is 11.3 Å². The molecule has 130 valence electrons. The van der Waals surface area contributed by atoms with Crippen LogP contribution in [-0.4, -0.2) is 32.2 Å². The molecule has 0 fully saturated rings. The number of carboxylic acids is 1. The van der Waals surface area contributed by atoms with Crippen molar-refractivity contribution >= 4 is 46.2 Å². The van der Waals surface area contributed by atoms with Gasteiger partial charge in [0.1, 0.15) is 5.75 Å². The van der Waals surface area contributed by atoms with E-state index >= 15 is 0 Å². The van der Waals surface area contributed by atoms with Crippen LogP contribution in [0.3, 0.4) is 0 Å². The standard InChI is InChI=1S/C16H11N5O3S2/c22-12-4-2-1-3-11(12)13(18-19-15-20-21-16(25)26-15)17-10-7-5-9(6-8-10)14(23)24/h1-8,22H,(H,21,25)(H,23,24). The first-order chi connectivity index (χ1) is 12.5. The summed E-state index contributed by atoms with van der Waals surface area (Å²) >= 11 is 6.09. The number of hydrogen-bond acceptors (Lipinski definition) is 7. The number of hydrogen-bond donors (Lipinski definition) is 3. The van der Waals surface area contributed by atoms with Crippen molar-refractivity contribution in [1.82, 2.24) is 10.2 Å². The Bertz CT molecular complexity index is 1050. The van der Waals surface area contributed by atoms with Gasteiger partial charge in [0.2, 0.25) is 5.13 Å². The molecule has 1 heterocycles. The van der Waals surface area contributed by atoms with Crippen molar-refractivity contribution in [2.45, 2.75) is 0 Å². The number of aromatic nitrogens is 2. The average molecular weight is 385 g/mol. The second kappa shape index (κ2) is 7.76. The topological polar surface area (TPSA) is 123 Å². The van der Waals surface area contributed by atoms with E-state index < -0.39 is 5.97 Å². The highest BCUT2D eigenvalue weighted by molar-refractivity contribution is 7.73. The van der Waals surface area contributed by atoms with Gasteiger partial charge in [-0.05, 0) is 48.6 Å². The maximum Gasteiger partial charge on any atom is 0.335 e. The Kier molecular flexibility index (Phi) is 5.25. The number of H-pyrrole nitrogens is 1. The number of nitrogens with zero attached hydrogens (tertiary/aromatic N) is 4. The molecule has 0 unspecified atom stereocenters. The number of carboxylic acid groups (broad SMARTS) is 1.